The zero-order valence-electron chi connectivity index (χ0n) is 10.4. The first-order chi connectivity index (χ1) is 8.09. The van der Waals surface area contributed by atoms with E-state index in [1.54, 1.807) is 6.92 Å². The largest absolute Gasteiger partial charge is 0.317 e. The molecule has 3 heteroatoms. The number of hydrogen-bond acceptors (Lipinski definition) is 1. The van der Waals surface area contributed by atoms with E-state index in [2.05, 4.69) is 5.32 Å². The van der Waals surface area contributed by atoms with E-state index in [1.807, 2.05) is 6.92 Å². The van der Waals surface area contributed by atoms with E-state index in [0.717, 1.165) is 25.9 Å². The van der Waals surface area contributed by atoms with Crippen molar-refractivity contribution in [2.75, 3.05) is 13.1 Å². The maximum atomic E-state index is 13.9. The van der Waals surface area contributed by atoms with Crippen LogP contribution in [0.3, 0.4) is 0 Å². The smallest absolute Gasteiger partial charge is 0.127 e. The van der Waals surface area contributed by atoms with Gasteiger partial charge in [0.15, 0.2) is 0 Å². The molecular weight excluding hydrogens is 220 g/mol. The fourth-order valence-corrected chi connectivity index (χ4v) is 2.61. The van der Waals surface area contributed by atoms with Crippen LogP contribution in [0.15, 0.2) is 12.1 Å². The summed E-state index contributed by atoms with van der Waals surface area (Å²) in [5.41, 5.74) is 0.906. The number of nitrogens with one attached hydrogen (secondary N) is 1. The molecule has 0 aromatic heterocycles. The molecule has 1 aliphatic rings. The summed E-state index contributed by atoms with van der Waals surface area (Å²) in [6, 6.07) is 2.68. The molecule has 0 bridgehead atoms. The standard InChI is InChI=1S/C14H19F2N/c1-9-7-14(16)12(8-13(9)15)10(2)11-3-5-17-6-4-11/h7-8,10-11,17H,3-6H2,1-2H3. The molecule has 1 fully saturated rings. The van der Waals surface area contributed by atoms with Gasteiger partial charge >= 0.3 is 0 Å². The van der Waals surface area contributed by atoms with Gasteiger partial charge in [-0.25, -0.2) is 8.78 Å². The number of halogens is 2. The van der Waals surface area contributed by atoms with E-state index in [1.165, 1.54) is 12.1 Å². The average molecular weight is 239 g/mol. The minimum Gasteiger partial charge on any atom is -0.317 e. The molecular formula is C14H19F2N. The van der Waals surface area contributed by atoms with Crippen molar-refractivity contribution in [1.82, 2.24) is 5.32 Å². The second kappa shape index (κ2) is 5.13. The molecule has 2 rings (SSSR count). The van der Waals surface area contributed by atoms with Gasteiger partial charge in [0.1, 0.15) is 11.6 Å². The van der Waals surface area contributed by atoms with Gasteiger partial charge in [-0.15, -0.1) is 0 Å². The van der Waals surface area contributed by atoms with Gasteiger partial charge in [-0.2, -0.15) is 0 Å². The van der Waals surface area contributed by atoms with Gasteiger partial charge in [-0.05, 0) is 68.0 Å². The molecule has 1 aromatic carbocycles. The summed E-state index contributed by atoms with van der Waals surface area (Å²) in [4.78, 5) is 0. The van der Waals surface area contributed by atoms with E-state index in [9.17, 15) is 8.78 Å². The zero-order valence-corrected chi connectivity index (χ0v) is 10.4. The summed E-state index contributed by atoms with van der Waals surface area (Å²) in [5, 5.41) is 3.29. The van der Waals surface area contributed by atoms with Crippen LogP contribution in [0.5, 0.6) is 0 Å². The minimum absolute atomic E-state index is 0.0900. The molecule has 0 spiro atoms. The monoisotopic (exact) mass is 239 g/mol. The summed E-state index contributed by atoms with van der Waals surface area (Å²) in [7, 11) is 0. The third-order valence-electron chi connectivity index (χ3n) is 3.86. The third-order valence-corrected chi connectivity index (χ3v) is 3.86. The molecule has 1 heterocycles. The molecule has 0 radical (unpaired) electrons. The summed E-state index contributed by atoms with van der Waals surface area (Å²) in [5.74, 6) is -0.0304. The summed E-state index contributed by atoms with van der Waals surface area (Å²) in [6.45, 7) is 5.55. The average Bonchev–Trinajstić information content (AvgIpc) is 2.34. The van der Waals surface area contributed by atoms with E-state index < -0.39 is 0 Å². The topological polar surface area (TPSA) is 12.0 Å². The number of benzene rings is 1. The highest BCUT2D eigenvalue weighted by Crippen LogP contribution is 2.32. The van der Waals surface area contributed by atoms with Crippen molar-refractivity contribution in [1.29, 1.82) is 0 Å². The van der Waals surface area contributed by atoms with Crippen LogP contribution in [0.25, 0.3) is 0 Å². The highest BCUT2D eigenvalue weighted by atomic mass is 19.1. The molecule has 1 nitrogen and oxygen atoms in total. The van der Waals surface area contributed by atoms with Crippen LogP contribution in [0.4, 0.5) is 8.78 Å². The Hall–Kier alpha value is -0.960. The van der Waals surface area contributed by atoms with Crippen molar-refractivity contribution < 1.29 is 8.78 Å². The van der Waals surface area contributed by atoms with E-state index in [0.29, 0.717) is 17.0 Å². The Morgan fingerprint density at radius 2 is 1.82 bits per heavy atom. The van der Waals surface area contributed by atoms with Gasteiger partial charge < -0.3 is 5.32 Å². The van der Waals surface area contributed by atoms with E-state index in [4.69, 9.17) is 0 Å². The first-order valence-corrected chi connectivity index (χ1v) is 6.26. The van der Waals surface area contributed by atoms with E-state index >= 15 is 0 Å². The second-order valence-electron chi connectivity index (χ2n) is 5.00. The van der Waals surface area contributed by atoms with Gasteiger partial charge in [-0.3, -0.25) is 0 Å². The first kappa shape index (κ1) is 12.5. The molecule has 17 heavy (non-hydrogen) atoms. The lowest BCUT2D eigenvalue weighted by Crippen LogP contribution is -2.30. The van der Waals surface area contributed by atoms with Gasteiger partial charge in [0.2, 0.25) is 0 Å². The minimum atomic E-state index is -0.304. The Morgan fingerprint density at radius 1 is 1.18 bits per heavy atom. The van der Waals surface area contributed by atoms with Crippen molar-refractivity contribution in [3.8, 4) is 0 Å². The molecule has 0 amide bonds. The molecule has 0 aliphatic carbocycles. The van der Waals surface area contributed by atoms with Gasteiger partial charge in [0.25, 0.3) is 0 Å². The van der Waals surface area contributed by atoms with Crippen molar-refractivity contribution >= 4 is 0 Å². The lowest BCUT2D eigenvalue weighted by atomic mass is 9.81. The Morgan fingerprint density at radius 3 is 2.47 bits per heavy atom. The van der Waals surface area contributed by atoms with Crippen molar-refractivity contribution in [3.05, 3.63) is 34.9 Å². The molecule has 1 atom stereocenters. The van der Waals surface area contributed by atoms with Gasteiger partial charge in [0, 0.05) is 0 Å². The van der Waals surface area contributed by atoms with Gasteiger partial charge in [-0.1, -0.05) is 6.92 Å². The lowest BCUT2D eigenvalue weighted by Gasteiger charge is -2.28. The number of piperidine rings is 1. The van der Waals surface area contributed by atoms with Crippen LogP contribution in [0.1, 0.15) is 36.8 Å². The lowest BCUT2D eigenvalue weighted by molar-refractivity contribution is 0.324. The van der Waals surface area contributed by atoms with Gasteiger partial charge in [0.05, 0.1) is 0 Å². The fourth-order valence-electron chi connectivity index (χ4n) is 2.61. The maximum Gasteiger partial charge on any atom is 0.127 e. The third kappa shape index (κ3) is 2.65. The van der Waals surface area contributed by atoms with Crippen molar-refractivity contribution in [3.63, 3.8) is 0 Å². The van der Waals surface area contributed by atoms with Crippen LogP contribution in [0.2, 0.25) is 0 Å². The number of aryl methyl sites for hydroxylation is 1. The van der Waals surface area contributed by atoms with Crippen LogP contribution in [-0.4, -0.2) is 13.1 Å². The highest BCUT2D eigenvalue weighted by molar-refractivity contribution is 5.28. The Balaban J connectivity index is 2.23. The van der Waals surface area contributed by atoms with Crippen LogP contribution < -0.4 is 5.32 Å². The van der Waals surface area contributed by atoms with Crippen molar-refractivity contribution in [2.24, 2.45) is 5.92 Å². The van der Waals surface area contributed by atoms with E-state index in [-0.39, 0.29) is 17.6 Å². The predicted octanol–water partition coefficient (Wildman–Crippen LogP) is 3.38. The number of hydrogen-bond donors (Lipinski definition) is 1. The summed E-state index contributed by atoms with van der Waals surface area (Å²) < 4.78 is 27.4. The molecule has 1 N–H and O–H groups in total. The Bertz CT molecular complexity index is 397. The van der Waals surface area contributed by atoms with Crippen LogP contribution >= 0.6 is 0 Å². The molecule has 1 aromatic rings. The predicted molar refractivity (Wildman–Crippen MR) is 65.1 cm³/mol. The molecule has 94 valence electrons. The van der Waals surface area contributed by atoms with Crippen LogP contribution in [0, 0.1) is 24.5 Å². The number of rotatable bonds is 2. The SMILES string of the molecule is Cc1cc(F)c(C(C)C2CCNCC2)cc1F. The molecule has 1 saturated heterocycles. The summed E-state index contributed by atoms with van der Waals surface area (Å²) >= 11 is 0. The summed E-state index contributed by atoms with van der Waals surface area (Å²) in [6.07, 6.45) is 2.08. The molecule has 0 saturated carbocycles. The first-order valence-electron chi connectivity index (χ1n) is 6.26. The fraction of sp³-hybridized carbons (Fsp3) is 0.571. The zero-order chi connectivity index (χ0) is 12.4. The quantitative estimate of drug-likeness (QED) is 0.834. The Labute approximate surface area is 101 Å². The second-order valence-corrected chi connectivity index (χ2v) is 5.00. The maximum absolute atomic E-state index is 13.9. The van der Waals surface area contributed by atoms with Crippen molar-refractivity contribution in [2.45, 2.75) is 32.6 Å². The Kier molecular flexibility index (Phi) is 3.77. The van der Waals surface area contributed by atoms with Crippen LogP contribution in [-0.2, 0) is 0 Å². The molecule has 1 unspecified atom stereocenters. The normalized spacial score (nSPS) is 19.3. The molecule has 1 aliphatic heterocycles. The highest BCUT2D eigenvalue weighted by Gasteiger charge is 2.24.